The molecule has 0 radical (unpaired) electrons. The van der Waals surface area contributed by atoms with Gasteiger partial charge in [-0.05, 0) is 19.3 Å². The smallest absolute Gasteiger partial charge is 0.329 e. The fourth-order valence-corrected chi connectivity index (χ4v) is 3.41. The summed E-state index contributed by atoms with van der Waals surface area (Å²) in [5.41, 5.74) is -0.193. The van der Waals surface area contributed by atoms with E-state index in [9.17, 15) is 9.59 Å². The van der Waals surface area contributed by atoms with E-state index in [0.29, 0.717) is 18.9 Å². The fourth-order valence-electron chi connectivity index (χ4n) is 3.41. The van der Waals surface area contributed by atoms with Crippen LogP contribution in [0.1, 0.15) is 46.0 Å². The molecule has 1 saturated heterocycles. The standard InChI is InChI=1S/C13H21NO3/c1-3-17-12(16)11-13(8-10(15)14-11)7-5-4-6-9(13)2/h9,11H,3-8H2,1-2H3,(H,14,15). The Kier molecular flexibility index (Phi) is 3.40. The highest BCUT2D eigenvalue weighted by molar-refractivity contribution is 5.90. The van der Waals surface area contributed by atoms with Crippen molar-refractivity contribution in [3.8, 4) is 0 Å². The van der Waals surface area contributed by atoms with Crippen molar-refractivity contribution in [1.82, 2.24) is 5.32 Å². The first kappa shape index (κ1) is 12.4. The molecule has 0 aromatic rings. The molecule has 1 aliphatic carbocycles. The predicted octanol–water partition coefficient (Wildman–Crippen LogP) is 1.63. The molecule has 1 N–H and O–H groups in total. The summed E-state index contributed by atoms with van der Waals surface area (Å²) in [6, 6.07) is -0.426. The monoisotopic (exact) mass is 239 g/mol. The number of nitrogens with one attached hydrogen (secondary N) is 1. The number of carbonyl (C=O) groups excluding carboxylic acids is 2. The second-order valence-electron chi connectivity index (χ2n) is 5.31. The van der Waals surface area contributed by atoms with Crippen molar-refractivity contribution in [2.75, 3.05) is 6.61 Å². The normalized spacial score (nSPS) is 36.9. The van der Waals surface area contributed by atoms with E-state index < -0.39 is 6.04 Å². The maximum atomic E-state index is 12.0. The molecule has 2 fully saturated rings. The average Bonchev–Trinajstić information content (AvgIpc) is 2.62. The van der Waals surface area contributed by atoms with Gasteiger partial charge in [-0.2, -0.15) is 0 Å². The van der Waals surface area contributed by atoms with Gasteiger partial charge in [-0.3, -0.25) is 4.79 Å². The van der Waals surface area contributed by atoms with Crippen LogP contribution in [-0.4, -0.2) is 24.5 Å². The second kappa shape index (κ2) is 4.67. The van der Waals surface area contributed by atoms with Crippen LogP contribution >= 0.6 is 0 Å². The van der Waals surface area contributed by atoms with Crippen LogP contribution < -0.4 is 5.32 Å². The lowest BCUT2D eigenvalue weighted by Crippen LogP contribution is -2.49. The molecule has 96 valence electrons. The van der Waals surface area contributed by atoms with Crippen molar-refractivity contribution in [2.45, 2.75) is 52.0 Å². The van der Waals surface area contributed by atoms with Crippen LogP contribution in [0.25, 0.3) is 0 Å². The Hall–Kier alpha value is -1.06. The lowest BCUT2D eigenvalue weighted by molar-refractivity contribution is -0.150. The molecule has 1 heterocycles. The molecule has 0 bridgehead atoms. The summed E-state index contributed by atoms with van der Waals surface area (Å²) in [6.07, 6.45) is 4.85. The zero-order valence-corrected chi connectivity index (χ0v) is 10.6. The first-order chi connectivity index (χ1) is 8.10. The van der Waals surface area contributed by atoms with E-state index in [1.54, 1.807) is 6.92 Å². The summed E-state index contributed by atoms with van der Waals surface area (Å²) >= 11 is 0. The van der Waals surface area contributed by atoms with E-state index in [1.165, 1.54) is 6.42 Å². The highest BCUT2D eigenvalue weighted by Gasteiger charge is 2.54. The number of rotatable bonds is 2. The Bertz CT molecular complexity index is 329. The Morgan fingerprint density at radius 3 is 2.94 bits per heavy atom. The zero-order chi connectivity index (χ0) is 12.5. The molecule has 0 aromatic heterocycles. The van der Waals surface area contributed by atoms with Crippen LogP contribution in [0.15, 0.2) is 0 Å². The summed E-state index contributed by atoms with van der Waals surface area (Å²) in [5.74, 6) is 0.147. The van der Waals surface area contributed by atoms with Crippen molar-refractivity contribution in [2.24, 2.45) is 11.3 Å². The number of esters is 1. The second-order valence-corrected chi connectivity index (χ2v) is 5.31. The third-order valence-corrected chi connectivity index (χ3v) is 4.40. The molecule has 1 aliphatic heterocycles. The molecular weight excluding hydrogens is 218 g/mol. The number of amides is 1. The molecule has 2 aliphatic rings. The first-order valence-corrected chi connectivity index (χ1v) is 6.56. The highest BCUT2D eigenvalue weighted by Crippen LogP contribution is 2.49. The Labute approximate surface area is 102 Å². The summed E-state index contributed by atoms with van der Waals surface area (Å²) in [5, 5.41) is 2.82. The van der Waals surface area contributed by atoms with Crippen molar-refractivity contribution in [3.63, 3.8) is 0 Å². The predicted molar refractivity (Wildman–Crippen MR) is 63.2 cm³/mol. The quantitative estimate of drug-likeness (QED) is 0.745. The van der Waals surface area contributed by atoms with E-state index in [-0.39, 0.29) is 17.3 Å². The maximum absolute atomic E-state index is 12.0. The van der Waals surface area contributed by atoms with Gasteiger partial charge in [0.05, 0.1) is 6.61 Å². The van der Waals surface area contributed by atoms with Crippen LogP contribution in [0, 0.1) is 11.3 Å². The number of ether oxygens (including phenoxy) is 1. The molecule has 3 unspecified atom stereocenters. The molecule has 17 heavy (non-hydrogen) atoms. The molecule has 2 rings (SSSR count). The van der Waals surface area contributed by atoms with Gasteiger partial charge < -0.3 is 10.1 Å². The van der Waals surface area contributed by atoms with E-state index >= 15 is 0 Å². The Morgan fingerprint density at radius 1 is 1.53 bits per heavy atom. The summed E-state index contributed by atoms with van der Waals surface area (Å²) in [7, 11) is 0. The maximum Gasteiger partial charge on any atom is 0.329 e. The first-order valence-electron chi connectivity index (χ1n) is 6.56. The van der Waals surface area contributed by atoms with Gasteiger partial charge in [0.25, 0.3) is 0 Å². The van der Waals surface area contributed by atoms with E-state index in [1.807, 2.05) is 0 Å². The van der Waals surface area contributed by atoms with Gasteiger partial charge in [0.2, 0.25) is 5.91 Å². The van der Waals surface area contributed by atoms with Crippen LogP contribution in [0.2, 0.25) is 0 Å². The van der Waals surface area contributed by atoms with Gasteiger partial charge in [-0.1, -0.05) is 26.2 Å². The van der Waals surface area contributed by atoms with Gasteiger partial charge >= 0.3 is 5.97 Å². The third-order valence-electron chi connectivity index (χ3n) is 4.40. The van der Waals surface area contributed by atoms with Gasteiger partial charge in [0.15, 0.2) is 0 Å². The Morgan fingerprint density at radius 2 is 2.29 bits per heavy atom. The topological polar surface area (TPSA) is 55.4 Å². The minimum atomic E-state index is -0.426. The van der Waals surface area contributed by atoms with Crippen molar-refractivity contribution >= 4 is 11.9 Å². The lowest BCUT2D eigenvalue weighted by Gasteiger charge is -2.41. The molecule has 3 atom stereocenters. The van der Waals surface area contributed by atoms with E-state index in [0.717, 1.165) is 19.3 Å². The molecule has 0 aromatic carbocycles. The van der Waals surface area contributed by atoms with Crippen LogP contribution in [0.5, 0.6) is 0 Å². The minimum Gasteiger partial charge on any atom is -0.464 e. The minimum absolute atomic E-state index is 0.00296. The van der Waals surface area contributed by atoms with Crippen LogP contribution in [0.4, 0.5) is 0 Å². The Balaban J connectivity index is 2.23. The third kappa shape index (κ3) is 2.05. The van der Waals surface area contributed by atoms with Crippen molar-refractivity contribution in [1.29, 1.82) is 0 Å². The molecule has 1 spiro atoms. The zero-order valence-electron chi connectivity index (χ0n) is 10.6. The summed E-state index contributed by atoms with van der Waals surface area (Å²) in [6.45, 7) is 4.33. The van der Waals surface area contributed by atoms with Crippen molar-refractivity contribution < 1.29 is 14.3 Å². The summed E-state index contributed by atoms with van der Waals surface area (Å²) < 4.78 is 5.10. The number of carbonyl (C=O) groups is 2. The molecule has 1 saturated carbocycles. The van der Waals surface area contributed by atoms with Crippen LogP contribution in [0.3, 0.4) is 0 Å². The fraction of sp³-hybridized carbons (Fsp3) is 0.846. The SMILES string of the molecule is CCOC(=O)C1NC(=O)CC12CCCCC2C. The van der Waals surface area contributed by atoms with Gasteiger partial charge in [-0.15, -0.1) is 0 Å². The number of hydrogen-bond acceptors (Lipinski definition) is 3. The van der Waals surface area contributed by atoms with Gasteiger partial charge in [0.1, 0.15) is 6.04 Å². The largest absolute Gasteiger partial charge is 0.464 e. The average molecular weight is 239 g/mol. The lowest BCUT2D eigenvalue weighted by atomic mass is 9.63. The molecule has 4 nitrogen and oxygen atoms in total. The molecule has 1 amide bonds. The van der Waals surface area contributed by atoms with Crippen LogP contribution in [-0.2, 0) is 14.3 Å². The van der Waals surface area contributed by atoms with Gasteiger partial charge in [-0.25, -0.2) is 4.79 Å². The van der Waals surface area contributed by atoms with E-state index in [2.05, 4.69) is 12.2 Å². The molecular formula is C13H21NO3. The van der Waals surface area contributed by atoms with E-state index in [4.69, 9.17) is 4.74 Å². The summed E-state index contributed by atoms with van der Waals surface area (Å²) in [4.78, 5) is 23.6. The van der Waals surface area contributed by atoms with Gasteiger partial charge in [0, 0.05) is 11.8 Å². The highest BCUT2D eigenvalue weighted by atomic mass is 16.5. The van der Waals surface area contributed by atoms with Crippen molar-refractivity contribution in [3.05, 3.63) is 0 Å². The molecule has 4 heteroatoms. The number of hydrogen-bond donors (Lipinski definition) is 1.